The number of hydrogen-bond donors (Lipinski definition) is 9. The summed E-state index contributed by atoms with van der Waals surface area (Å²) < 4.78 is 0. The van der Waals surface area contributed by atoms with Gasteiger partial charge in [0, 0.05) is 40.6 Å². The molecule has 13 nitrogen and oxygen atoms in total. The summed E-state index contributed by atoms with van der Waals surface area (Å²) in [6, 6.07) is 11.0. The molecule has 0 fully saturated rings. The molecule has 4 rings (SSSR count). The number of carbonyl (C=O) groups excluding carboxylic acids is 3. The highest BCUT2D eigenvalue weighted by Crippen LogP contribution is 2.20. The van der Waals surface area contributed by atoms with E-state index in [2.05, 4.69) is 25.9 Å². The van der Waals surface area contributed by atoms with Crippen LogP contribution in [-0.4, -0.2) is 76.0 Å². The summed E-state index contributed by atoms with van der Waals surface area (Å²) >= 11 is 0. The Labute approximate surface area is 273 Å². The third-order valence-corrected chi connectivity index (χ3v) is 8.32. The highest BCUT2D eigenvalue weighted by atomic mass is 16.4. The highest BCUT2D eigenvalue weighted by Gasteiger charge is 2.30. The summed E-state index contributed by atoms with van der Waals surface area (Å²) in [6.07, 6.45) is 6.68. The van der Waals surface area contributed by atoms with Crippen LogP contribution >= 0.6 is 0 Å². The second kappa shape index (κ2) is 17.3. The molecule has 12 N–H and O–H groups in total. The van der Waals surface area contributed by atoms with E-state index in [-0.39, 0.29) is 25.7 Å². The number of para-hydroxylation sites is 2. The zero-order valence-electron chi connectivity index (χ0n) is 26.5. The second-order valence-corrected chi connectivity index (χ2v) is 11.8. The van der Waals surface area contributed by atoms with Crippen LogP contribution in [0, 0.1) is 0 Å². The fourth-order valence-corrected chi connectivity index (χ4v) is 5.70. The Morgan fingerprint density at radius 2 is 1.09 bits per heavy atom. The Morgan fingerprint density at radius 1 is 0.638 bits per heavy atom. The molecule has 0 saturated heterocycles. The maximum atomic E-state index is 13.6. The number of hydrogen-bond acceptors (Lipinski definition) is 7. The van der Waals surface area contributed by atoms with Crippen LogP contribution in [0.25, 0.3) is 21.8 Å². The van der Waals surface area contributed by atoms with E-state index in [0.717, 1.165) is 32.9 Å². The minimum absolute atomic E-state index is 0.0423. The van der Waals surface area contributed by atoms with Crippen molar-refractivity contribution in [2.75, 3.05) is 13.1 Å². The van der Waals surface area contributed by atoms with Crippen LogP contribution in [0.15, 0.2) is 60.9 Å². The number of nitrogens with one attached hydrogen (secondary N) is 5. The van der Waals surface area contributed by atoms with E-state index in [1.165, 1.54) is 0 Å². The summed E-state index contributed by atoms with van der Waals surface area (Å²) in [6.45, 7) is 0.812. The number of carbonyl (C=O) groups is 4. The minimum Gasteiger partial charge on any atom is -0.480 e. The number of aliphatic carboxylic acids is 1. The predicted octanol–water partition coefficient (Wildman–Crippen LogP) is 1.56. The van der Waals surface area contributed by atoms with Crippen LogP contribution in [0.3, 0.4) is 0 Å². The van der Waals surface area contributed by atoms with E-state index < -0.39 is 47.9 Å². The molecule has 0 aliphatic heterocycles. The second-order valence-electron chi connectivity index (χ2n) is 11.8. The molecule has 4 atom stereocenters. The Bertz CT molecular complexity index is 1650. The molecule has 0 radical (unpaired) electrons. The topological polar surface area (TPSA) is 234 Å². The third kappa shape index (κ3) is 9.64. The first-order valence-electron chi connectivity index (χ1n) is 16.1. The molecule has 3 amide bonds. The molecule has 0 saturated carbocycles. The lowest BCUT2D eigenvalue weighted by Crippen LogP contribution is -2.57. The number of aromatic amines is 2. The Hall–Kier alpha value is -4.72. The number of carboxylic acid groups (broad SMARTS) is 1. The van der Waals surface area contributed by atoms with Gasteiger partial charge in [0.1, 0.15) is 18.1 Å². The zero-order chi connectivity index (χ0) is 33.8. The zero-order valence-corrected chi connectivity index (χ0v) is 26.5. The normalized spacial score (nSPS) is 13.9. The lowest BCUT2D eigenvalue weighted by atomic mass is 10.0. The standard InChI is InChI=1S/C34H46N8O5/c35-15-7-5-13-28(40-31(43)25(37)17-21-19-38-26-11-3-1-9-23(21)26)32(44)41-29(14-6-8-16-36)33(45)42-30(34(46)47)18-22-20-39-27-12-4-2-10-24(22)27/h1-4,9-12,19-20,25,28-30,38-39H,5-8,13-18,35-37H2,(H,40,43)(H,41,44)(H,42,45)(H,46,47). The van der Waals surface area contributed by atoms with E-state index in [0.29, 0.717) is 38.8 Å². The van der Waals surface area contributed by atoms with Gasteiger partial charge in [-0.25, -0.2) is 4.79 Å². The fourth-order valence-electron chi connectivity index (χ4n) is 5.70. The molecule has 4 unspecified atom stereocenters. The molecular weight excluding hydrogens is 600 g/mol. The van der Waals surface area contributed by atoms with Gasteiger partial charge >= 0.3 is 5.97 Å². The lowest BCUT2D eigenvalue weighted by molar-refractivity contribution is -0.142. The van der Waals surface area contributed by atoms with Crippen LogP contribution in [0.5, 0.6) is 0 Å². The molecular formula is C34H46N8O5. The SMILES string of the molecule is NCCCCC(NC(=O)C(N)Cc1c[nH]c2ccccc12)C(=O)NC(CCCCN)C(=O)NC(Cc1c[nH]c2ccccc12)C(=O)O. The van der Waals surface area contributed by atoms with Crippen molar-refractivity contribution in [3.63, 3.8) is 0 Å². The van der Waals surface area contributed by atoms with Gasteiger partial charge in [0.05, 0.1) is 6.04 Å². The molecule has 2 heterocycles. The van der Waals surface area contributed by atoms with Gasteiger partial charge in [-0.15, -0.1) is 0 Å². The van der Waals surface area contributed by atoms with Crippen molar-refractivity contribution in [2.24, 2.45) is 17.2 Å². The van der Waals surface area contributed by atoms with Gasteiger partial charge in [-0.1, -0.05) is 36.4 Å². The van der Waals surface area contributed by atoms with Crippen molar-refractivity contribution in [3.05, 3.63) is 72.1 Å². The number of H-pyrrole nitrogens is 2. The summed E-state index contributed by atoms with van der Waals surface area (Å²) in [5.41, 5.74) is 21.0. The van der Waals surface area contributed by atoms with Gasteiger partial charge in [-0.2, -0.15) is 0 Å². The van der Waals surface area contributed by atoms with E-state index >= 15 is 0 Å². The van der Waals surface area contributed by atoms with Crippen molar-refractivity contribution in [2.45, 2.75) is 75.5 Å². The summed E-state index contributed by atoms with van der Waals surface area (Å²) in [5, 5.41) is 20.0. The molecule has 0 bridgehead atoms. The van der Waals surface area contributed by atoms with Gasteiger partial charge in [0.15, 0.2) is 0 Å². The van der Waals surface area contributed by atoms with Gasteiger partial charge in [0.25, 0.3) is 0 Å². The number of amides is 3. The average molecular weight is 647 g/mol. The molecule has 2 aromatic heterocycles. The van der Waals surface area contributed by atoms with Crippen molar-refractivity contribution in [1.82, 2.24) is 25.9 Å². The Morgan fingerprint density at radius 3 is 1.57 bits per heavy atom. The van der Waals surface area contributed by atoms with E-state index in [9.17, 15) is 24.3 Å². The Balaban J connectivity index is 1.45. The Kier molecular flexibility index (Phi) is 12.9. The number of aromatic nitrogens is 2. The van der Waals surface area contributed by atoms with Crippen LogP contribution in [-0.2, 0) is 32.0 Å². The van der Waals surface area contributed by atoms with Crippen LogP contribution in [0.1, 0.15) is 49.7 Å². The van der Waals surface area contributed by atoms with Gasteiger partial charge in [0.2, 0.25) is 17.7 Å². The third-order valence-electron chi connectivity index (χ3n) is 8.32. The first-order chi connectivity index (χ1) is 22.7. The van der Waals surface area contributed by atoms with Crippen LogP contribution in [0.2, 0.25) is 0 Å². The van der Waals surface area contributed by atoms with Crippen molar-refractivity contribution in [1.29, 1.82) is 0 Å². The molecule has 0 spiro atoms. The number of carboxylic acids is 1. The monoisotopic (exact) mass is 646 g/mol. The summed E-state index contributed by atoms with van der Waals surface area (Å²) in [5.74, 6) is -2.90. The number of benzene rings is 2. The first kappa shape index (κ1) is 35.1. The molecule has 4 aromatic rings. The number of rotatable bonds is 19. The van der Waals surface area contributed by atoms with Crippen molar-refractivity contribution in [3.8, 4) is 0 Å². The predicted molar refractivity (Wildman–Crippen MR) is 181 cm³/mol. The van der Waals surface area contributed by atoms with Crippen LogP contribution in [0.4, 0.5) is 0 Å². The lowest BCUT2D eigenvalue weighted by Gasteiger charge is -2.25. The molecule has 47 heavy (non-hydrogen) atoms. The maximum absolute atomic E-state index is 13.6. The average Bonchev–Trinajstić information content (AvgIpc) is 3.67. The molecule has 13 heteroatoms. The quantitative estimate of drug-likeness (QED) is 0.0677. The number of nitrogens with two attached hydrogens (primary N) is 3. The van der Waals surface area contributed by atoms with Gasteiger partial charge in [-0.3, -0.25) is 14.4 Å². The molecule has 0 aliphatic carbocycles. The maximum Gasteiger partial charge on any atom is 0.326 e. The van der Waals surface area contributed by atoms with E-state index in [1.54, 1.807) is 6.20 Å². The summed E-state index contributed by atoms with van der Waals surface area (Å²) in [4.78, 5) is 58.9. The molecule has 0 aliphatic rings. The highest BCUT2D eigenvalue weighted by molar-refractivity contribution is 5.94. The van der Waals surface area contributed by atoms with Gasteiger partial charge in [-0.05, 0) is 81.3 Å². The largest absolute Gasteiger partial charge is 0.480 e. The van der Waals surface area contributed by atoms with E-state index in [1.807, 2.05) is 54.7 Å². The minimum atomic E-state index is -1.24. The first-order valence-corrected chi connectivity index (χ1v) is 16.1. The molecule has 2 aromatic carbocycles. The van der Waals surface area contributed by atoms with Crippen molar-refractivity contribution < 1.29 is 24.3 Å². The molecule has 252 valence electrons. The fraction of sp³-hybridized carbons (Fsp3) is 0.412. The van der Waals surface area contributed by atoms with Gasteiger partial charge < -0.3 is 48.2 Å². The number of unbranched alkanes of at least 4 members (excludes halogenated alkanes) is 2. The smallest absolute Gasteiger partial charge is 0.326 e. The summed E-state index contributed by atoms with van der Waals surface area (Å²) in [7, 11) is 0. The number of fused-ring (bicyclic) bond motifs is 2. The van der Waals surface area contributed by atoms with Crippen molar-refractivity contribution >= 4 is 45.5 Å². The van der Waals surface area contributed by atoms with Crippen LogP contribution < -0.4 is 33.2 Å². The van der Waals surface area contributed by atoms with E-state index in [4.69, 9.17) is 17.2 Å².